The van der Waals surface area contributed by atoms with Gasteiger partial charge < -0.3 is 15.0 Å². The van der Waals surface area contributed by atoms with E-state index in [0.717, 1.165) is 19.7 Å². The van der Waals surface area contributed by atoms with E-state index < -0.39 is 0 Å². The van der Waals surface area contributed by atoms with Crippen molar-refractivity contribution in [3.05, 3.63) is 29.8 Å². The Morgan fingerprint density at radius 1 is 1.33 bits per heavy atom. The standard InChI is InChI=1S/C12H20N2O/c1-14(2)12-6-4-5-11(9-12)10-13-7-8-15-3/h4-6,9,13H,7-8,10H2,1-3H3. The molecule has 3 nitrogen and oxygen atoms in total. The van der Waals surface area contributed by atoms with E-state index in [1.165, 1.54) is 11.3 Å². The van der Waals surface area contributed by atoms with Crippen LogP contribution in [0, 0.1) is 0 Å². The molecule has 1 N–H and O–H groups in total. The lowest BCUT2D eigenvalue weighted by Gasteiger charge is -2.13. The van der Waals surface area contributed by atoms with Crippen molar-refractivity contribution in [2.45, 2.75) is 6.54 Å². The Bertz CT molecular complexity index is 287. The van der Waals surface area contributed by atoms with Gasteiger partial charge in [-0.2, -0.15) is 0 Å². The molecule has 0 saturated heterocycles. The van der Waals surface area contributed by atoms with Crippen molar-refractivity contribution in [2.24, 2.45) is 0 Å². The molecule has 0 aliphatic heterocycles. The highest BCUT2D eigenvalue weighted by molar-refractivity contribution is 5.47. The normalized spacial score (nSPS) is 10.3. The van der Waals surface area contributed by atoms with Crippen molar-refractivity contribution < 1.29 is 4.74 Å². The van der Waals surface area contributed by atoms with Crippen molar-refractivity contribution in [1.29, 1.82) is 0 Å². The lowest BCUT2D eigenvalue weighted by atomic mass is 10.2. The van der Waals surface area contributed by atoms with E-state index >= 15 is 0 Å². The van der Waals surface area contributed by atoms with Crippen molar-refractivity contribution in [3.63, 3.8) is 0 Å². The molecule has 0 atom stereocenters. The van der Waals surface area contributed by atoms with Crippen LogP contribution in [0.15, 0.2) is 24.3 Å². The summed E-state index contributed by atoms with van der Waals surface area (Å²) in [5, 5.41) is 3.33. The summed E-state index contributed by atoms with van der Waals surface area (Å²) in [4.78, 5) is 2.11. The van der Waals surface area contributed by atoms with E-state index in [4.69, 9.17) is 4.74 Å². The maximum Gasteiger partial charge on any atom is 0.0587 e. The summed E-state index contributed by atoms with van der Waals surface area (Å²) < 4.78 is 4.97. The first-order valence-electron chi connectivity index (χ1n) is 5.20. The molecule has 1 aromatic rings. The van der Waals surface area contributed by atoms with Crippen molar-refractivity contribution in [2.75, 3.05) is 39.3 Å². The van der Waals surface area contributed by atoms with Gasteiger partial charge in [0.05, 0.1) is 6.61 Å². The smallest absolute Gasteiger partial charge is 0.0587 e. The lowest BCUT2D eigenvalue weighted by Crippen LogP contribution is -2.18. The molecule has 0 radical (unpaired) electrons. The Morgan fingerprint density at radius 3 is 2.80 bits per heavy atom. The average Bonchev–Trinajstić information content (AvgIpc) is 2.25. The molecule has 0 amide bonds. The van der Waals surface area contributed by atoms with Crippen LogP contribution in [-0.4, -0.2) is 34.4 Å². The Labute approximate surface area is 92.0 Å². The molecule has 0 spiro atoms. The number of anilines is 1. The van der Waals surface area contributed by atoms with Crippen LogP contribution in [0.25, 0.3) is 0 Å². The highest BCUT2D eigenvalue weighted by atomic mass is 16.5. The fourth-order valence-corrected chi connectivity index (χ4v) is 1.35. The van der Waals surface area contributed by atoms with Crippen molar-refractivity contribution >= 4 is 5.69 Å². The second-order valence-corrected chi connectivity index (χ2v) is 3.73. The van der Waals surface area contributed by atoms with Crippen LogP contribution < -0.4 is 10.2 Å². The van der Waals surface area contributed by atoms with Crippen LogP contribution in [0.2, 0.25) is 0 Å². The van der Waals surface area contributed by atoms with Gasteiger partial charge in [-0.25, -0.2) is 0 Å². The zero-order valence-corrected chi connectivity index (χ0v) is 9.79. The van der Waals surface area contributed by atoms with Gasteiger partial charge in [0.25, 0.3) is 0 Å². The molecule has 1 aromatic carbocycles. The van der Waals surface area contributed by atoms with Gasteiger partial charge in [-0.15, -0.1) is 0 Å². The summed E-state index contributed by atoms with van der Waals surface area (Å²) in [5.41, 5.74) is 2.54. The number of nitrogens with one attached hydrogen (secondary N) is 1. The van der Waals surface area contributed by atoms with Crippen LogP contribution in [0.5, 0.6) is 0 Å². The predicted molar refractivity (Wildman–Crippen MR) is 64.4 cm³/mol. The molecule has 0 saturated carbocycles. The predicted octanol–water partition coefficient (Wildman–Crippen LogP) is 1.49. The van der Waals surface area contributed by atoms with E-state index in [1.807, 2.05) is 0 Å². The summed E-state index contributed by atoms with van der Waals surface area (Å²) in [5.74, 6) is 0. The summed E-state index contributed by atoms with van der Waals surface area (Å²) in [6.45, 7) is 2.54. The van der Waals surface area contributed by atoms with Gasteiger partial charge in [-0.1, -0.05) is 12.1 Å². The van der Waals surface area contributed by atoms with E-state index in [-0.39, 0.29) is 0 Å². The van der Waals surface area contributed by atoms with Gasteiger partial charge in [0.15, 0.2) is 0 Å². The second-order valence-electron chi connectivity index (χ2n) is 3.73. The largest absolute Gasteiger partial charge is 0.383 e. The van der Waals surface area contributed by atoms with Gasteiger partial charge in [0.1, 0.15) is 0 Å². The molecular formula is C12H20N2O. The molecule has 0 heterocycles. The SMILES string of the molecule is COCCNCc1cccc(N(C)C)c1. The highest BCUT2D eigenvalue weighted by Crippen LogP contribution is 2.12. The quantitative estimate of drug-likeness (QED) is 0.717. The molecule has 0 aliphatic rings. The lowest BCUT2D eigenvalue weighted by molar-refractivity contribution is 0.199. The molecule has 0 bridgehead atoms. The van der Waals surface area contributed by atoms with Crippen LogP contribution >= 0.6 is 0 Å². The first-order valence-corrected chi connectivity index (χ1v) is 5.20. The molecule has 0 aliphatic carbocycles. The van der Waals surface area contributed by atoms with Crippen LogP contribution in [0.4, 0.5) is 5.69 Å². The Hall–Kier alpha value is -1.06. The Kier molecular flexibility index (Phi) is 5.15. The maximum absolute atomic E-state index is 4.97. The van der Waals surface area contributed by atoms with Gasteiger partial charge in [0.2, 0.25) is 0 Å². The van der Waals surface area contributed by atoms with Gasteiger partial charge >= 0.3 is 0 Å². The van der Waals surface area contributed by atoms with Gasteiger partial charge in [-0.3, -0.25) is 0 Å². The van der Waals surface area contributed by atoms with Crippen LogP contribution in [0.1, 0.15) is 5.56 Å². The Balaban J connectivity index is 2.43. The number of hydrogen-bond acceptors (Lipinski definition) is 3. The topological polar surface area (TPSA) is 24.5 Å². The minimum absolute atomic E-state index is 0.757. The average molecular weight is 208 g/mol. The zero-order chi connectivity index (χ0) is 11.1. The first-order chi connectivity index (χ1) is 7.24. The van der Waals surface area contributed by atoms with E-state index in [0.29, 0.717) is 0 Å². The number of benzene rings is 1. The molecule has 0 aromatic heterocycles. The summed E-state index contributed by atoms with van der Waals surface area (Å²) in [6.07, 6.45) is 0. The third kappa shape index (κ3) is 4.32. The molecule has 84 valence electrons. The maximum atomic E-state index is 4.97. The second kappa shape index (κ2) is 6.43. The van der Waals surface area contributed by atoms with Gasteiger partial charge in [0, 0.05) is 40.0 Å². The molecule has 1 rings (SSSR count). The minimum atomic E-state index is 0.757. The minimum Gasteiger partial charge on any atom is -0.383 e. The third-order valence-electron chi connectivity index (χ3n) is 2.24. The van der Waals surface area contributed by atoms with Crippen molar-refractivity contribution in [1.82, 2.24) is 5.32 Å². The summed E-state index contributed by atoms with van der Waals surface area (Å²) in [7, 11) is 5.82. The molecule has 3 heteroatoms. The van der Waals surface area contributed by atoms with Crippen LogP contribution in [-0.2, 0) is 11.3 Å². The fourth-order valence-electron chi connectivity index (χ4n) is 1.35. The number of methoxy groups -OCH3 is 1. The first kappa shape index (κ1) is 12.0. The third-order valence-corrected chi connectivity index (χ3v) is 2.24. The number of hydrogen-bond donors (Lipinski definition) is 1. The van der Waals surface area contributed by atoms with Gasteiger partial charge in [-0.05, 0) is 17.7 Å². The number of ether oxygens (including phenoxy) is 1. The van der Waals surface area contributed by atoms with Crippen LogP contribution in [0.3, 0.4) is 0 Å². The van der Waals surface area contributed by atoms with E-state index in [2.05, 4.69) is 48.6 Å². The Morgan fingerprint density at radius 2 is 2.13 bits per heavy atom. The summed E-state index contributed by atoms with van der Waals surface area (Å²) >= 11 is 0. The molecule has 0 fully saturated rings. The molecule has 15 heavy (non-hydrogen) atoms. The molecule has 0 unspecified atom stereocenters. The molecular weight excluding hydrogens is 188 g/mol. The van der Waals surface area contributed by atoms with E-state index in [1.54, 1.807) is 7.11 Å². The fraction of sp³-hybridized carbons (Fsp3) is 0.500. The van der Waals surface area contributed by atoms with Crippen molar-refractivity contribution in [3.8, 4) is 0 Å². The highest BCUT2D eigenvalue weighted by Gasteiger charge is 1.97. The zero-order valence-electron chi connectivity index (χ0n) is 9.79. The summed E-state index contributed by atoms with van der Waals surface area (Å²) in [6, 6.07) is 8.52. The van der Waals surface area contributed by atoms with E-state index in [9.17, 15) is 0 Å². The number of rotatable bonds is 6. The monoisotopic (exact) mass is 208 g/mol. The number of nitrogens with zero attached hydrogens (tertiary/aromatic N) is 1.